The molecule has 0 N–H and O–H groups in total. The molecule has 0 fully saturated rings. The van der Waals surface area contributed by atoms with E-state index in [1.54, 1.807) is 0 Å². The molecule has 4 nitrogen and oxygen atoms in total. The van der Waals surface area contributed by atoms with E-state index in [1.807, 2.05) is 0 Å². The average Bonchev–Trinajstić information content (AvgIpc) is 3.34. The molecule has 166 valence electrons. The van der Waals surface area contributed by atoms with Gasteiger partial charge in [-0.25, -0.2) is 0 Å². The van der Waals surface area contributed by atoms with Crippen LogP contribution in [0.1, 0.15) is 19.4 Å². The lowest BCUT2D eigenvalue weighted by molar-refractivity contribution is 0.381. The molecule has 2 aliphatic rings. The van der Waals surface area contributed by atoms with Gasteiger partial charge in [0.05, 0.1) is 5.69 Å². The Hall–Kier alpha value is -3.66. The van der Waals surface area contributed by atoms with Crippen molar-refractivity contribution in [1.29, 1.82) is 0 Å². The molecule has 0 saturated heterocycles. The molecule has 6 rings (SSSR count). The monoisotopic (exact) mass is 434 g/mol. The van der Waals surface area contributed by atoms with Crippen molar-refractivity contribution in [2.45, 2.75) is 33.1 Å². The minimum absolute atomic E-state index is 0.251. The quantitative estimate of drug-likeness (QED) is 0.330. The molecule has 0 saturated carbocycles. The van der Waals surface area contributed by atoms with Gasteiger partial charge in [0.1, 0.15) is 12.3 Å². The first-order valence-electron chi connectivity index (χ1n) is 11.7. The highest BCUT2D eigenvalue weighted by molar-refractivity contribution is 6.29. The third-order valence-corrected chi connectivity index (χ3v) is 7.68. The van der Waals surface area contributed by atoms with Gasteiger partial charge >= 0.3 is 0 Å². The number of anilines is 2. The van der Waals surface area contributed by atoms with E-state index < -0.39 is 0 Å². The van der Waals surface area contributed by atoms with Crippen LogP contribution in [-0.2, 0) is 0 Å². The summed E-state index contributed by atoms with van der Waals surface area (Å²) in [6, 6.07) is 20.1. The zero-order chi connectivity index (χ0) is 22.9. The van der Waals surface area contributed by atoms with E-state index in [0.29, 0.717) is 0 Å². The Labute approximate surface area is 195 Å². The molecule has 4 aromatic carbocycles. The number of hydrogen-bond donors (Lipinski definition) is 0. The van der Waals surface area contributed by atoms with Gasteiger partial charge in [0.25, 0.3) is 0 Å². The number of hydrogen-bond acceptors (Lipinski definition) is 4. The Morgan fingerprint density at radius 2 is 1.09 bits per heavy atom. The second kappa shape index (κ2) is 7.17. The number of rotatable bonds is 2. The minimum Gasteiger partial charge on any atom is -0.359 e. The van der Waals surface area contributed by atoms with Gasteiger partial charge in [-0.2, -0.15) is 0 Å². The van der Waals surface area contributed by atoms with Crippen LogP contribution in [0.2, 0.25) is 0 Å². The summed E-state index contributed by atoms with van der Waals surface area (Å²) in [6.45, 7) is 6.81. The summed E-state index contributed by atoms with van der Waals surface area (Å²) in [7, 11) is 4.29. The van der Waals surface area contributed by atoms with Crippen molar-refractivity contribution in [1.82, 2.24) is 9.80 Å². The molecule has 0 amide bonds. The number of benzene rings is 4. The van der Waals surface area contributed by atoms with Crippen LogP contribution < -0.4 is 9.80 Å². The van der Waals surface area contributed by atoms with E-state index in [0.717, 1.165) is 0 Å². The normalized spacial score (nSPS) is 20.4. The van der Waals surface area contributed by atoms with Gasteiger partial charge in [0.2, 0.25) is 0 Å². The SMILES string of the molecule is Cc1c(N2C=CN(C)[C@H]2C)cc2c3ccccc3c3ccccc3c2c1N1C=CN(C)[C@@H]1C. The molecule has 0 bridgehead atoms. The fraction of sp³-hybridized carbons (Fsp3) is 0.241. The maximum Gasteiger partial charge on any atom is 0.102 e. The van der Waals surface area contributed by atoms with E-state index in [4.69, 9.17) is 0 Å². The lowest BCUT2D eigenvalue weighted by atomic mass is 9.90. The second-order valence-electron chi connectivity index (χ2n) is 9.39. The highest BCUT2D eigenvalue weighted by atomic mass is 15.4. The smallest absolute Gasteiger partial charge is 0.102 e. The fourth-order valence-corrected chi connectivity index (χ4v) is 5.51. The Bertz CT molecular complexity index is 1470. The van der Waals surface area contributed by atoms with Crippen LogP contribution in [-0.4, -0.2) is 36.2 Å². The molecule has 2 aliphatic heterocycles. The summed E-state index contributed by atoms with van der Waals surface area (Å²) in [5, 5.41) is 7.89. The van der Waals surface area contributed by atoms with Crippen molar-refractivity contribution >= 4 is 43.7 Å². The fourth-order valence-electron chi connectivity index (χ4n) is 5.51. The van der Waals surface area contributed by atoms with Crippen molar-refractivity contribution < 1.29 is 0 Å². The molecule has 4 aromatic rings. The van der Waals surface area contributed by atoms with Crippen molar-refractivity contribution in [3.63, 3.8) is 0 Å². The first kappa shape index (κ1) is 20.0. The molecule has 0 spiro atoms. The topological polar surface area (TPSA) is 13.0 Å². The summed E-state index contributed by atoms with van der Waals surface area (Å²) in [5.41, 5.74) is 3.87. The molecule has 0 aliphatic carbocycles. The summed E-state index contributed by atoms with van der Waals surface area (Å²) < 4.78 is 0. The third kappa shape index (κ3) is 2.76. The predicted octanol–water partition coefficient (Wildman–Crippen LogP) is 6.59. The molecular formula is C29H30N4. The Balaban J connectivity index is 1.80. The Morgan fingerprint density at radius 1 is 0.606 bits per heavy atom. The Morgan fingerprint density at radius 3 is 1.64 bits per heavy atom. The highest BCUT2D eigenvalue weighted by Gasteiger charge is 2.29. The van der Waals surface area contributed by atoms with Gasteiger partial charge in [-0.05, 0) is 59.3 Å². The zero-order valence-corrected chi connectivity index (χ0v) is 19.9. The summed E-state index contributed by atoms with van der Waals surface area (Å²) in [5.74, 6) is 0. The first-order chi connectivity index (χ1) is 16.0. The minimum atomic E-state index is 0.251. The van der Waals surface area contributed by atoms with Gasteiger partial charge in [0.15, 0.2) is 0 Å². The van der Waals surface area contributed by atoms with E-state index in [9.17, 15) is 0 Å². The summed E-state index contributed by atoms with van der Waals surface area (Å²) >= 11 is 0. The van der Waals surface area contributed by atoms with Crippen LogP contribution in [0.5, 0.6) is 0 Å². The van der Waals surface area contributed by atoms with Gasteiger partial charge in [-0.15, -0.1) is 0 Å². The average molecular weight is 435 g/mol. The molecular weight excluding hydrogens is 404 g/mol. The number of fused-ring (bicyclic) bond motifs is 6. The van der Waals surface area contributed by atoms with Crippen molar-refractivity contribution in [3.8, 4) is 0 Å². The maximum atomic E-state index is 2.44. The van der Waals surface area contributed by atoms with Crippen LogP contribution >= 0.6 is 0 Å². The molecule has 2 atom stereocenters. The molecule has 33 heavy (non-hydrogen) atoms. The second-order valence-corrected chi connectivity index (χ2v) is 9.39. The molecule has 2 heterocycles. The molecule has 0 radical (unpaired) electrons. The largest absolute Gasteiger partial charge is 0.359 e. The molecule has 0 aromatic heterocycles. The van der Waals surface area contributed by atoms with Gasteiger partial charge in [-0.1, -0.05) is 48.5 Å². The van der Waals surface area contributed by atoms with Gasteiger partial charge in [-0.3, -0.25) is 0 Å². The maximum absolute atomic E-state index is 2.44. The van der Waals surface area contributed by atoms with Crippen LogP contribution in [0.3, 0.4) is 0 Å². The zero-order valence-electron chi connectivity index (χ0n) is 19.9. The lowest BCUT2D eigenvalue weighted by Gasteiger charge is -2.34. The van der Waals surface area contributed by atoms with Crippen LogP contribution in [0.15, 0.2) is 79.4 Å². The van der Waals surface area contributed by atoms with Crippen molar-refractivity contribution in [3.05, 3.63) is 85.0 Å². The van der Waals surface area contributed by atoms with Crippen molar-refractivity contribution in [2.24, 2.45) is 0 Å². The predicted molar refractivity (Wildman–Crippen MR) is 141 cm³/mol. The third-order valence-electron chi connectivity index (χ3n) is 7.68. The van der Waals surface area contributed by atoms with Gasteiger partial charge < -0.3 is 19.6 Å². The Kier molecular flexibility index (Phi) is 4.34. The van der Waals surface area contributed by atoms with E-state index in [-0.39, 0.29) is 12.3 Å². The summed E-state index contributed by atoms with van der Waals surface area (Å²) in [4.78, 5) is 9.37. The van der Waals surface area contributed by atoms with Crippen LogP contribution in [0.25, 0.3) is 32.3 Å². The summed E-state index contributed by atoms with van der Waals surface area (Å²) in [6.07, 6.45) is 9.31. The number of nitrogens with zero attached hydrogens (tertiary/aromatic N) is 4. The first-order valence-corrected chi connectivity index (χ1v) is 11.7. The highest BCUT2D eigenvalue weighted by Crippen LogP contribution is 2.47. The van der Waals surface area contributed by atoms with Gasteiger partial charge in [0, 0.05) is 50.0 Å². The van der Waals surface area contributed by atoms with Crippen molar-refractivity contribution in [2.75, 3.05) is 23.9 Å². The van der Waals surface area contributed by atoms with E-state index in [1.165, 1.54) is 49.3 Å². The molecule has 4 heteroatoms. The molecule has 0 unspecified atom stereocenters. The standard InChI is InChI=1S/C29H30N4/c1-19-27(32-16-14-30(4)20(32)2)18-26-24-12-7-6-10-22(24)23-11-8-9-13-25(23)28(26)29(19)33-17-15-31(5)21(33)3/h6-18,20-21H,1-5H3/t20-,21+/m1/s1. The van der Waals surface area contributed by atoms with Crippen LogP contribution in [0, 0.1) is 6.92 Å². The van der Waals surface area contributed by atoms with Crippen LogP contribution in [0.4, 0.5) is 11.4 Å². The lowest BCUT2D eigenvalue weighted by Crippen LogP contribution is -2.35. The van der Waals surface area contributed by atoms with E-state index >= 15 is 0 Å². The van der Waals surface area contributed by atoms with E-state index in [2.05, 4.69) is 134 Å².